The van der Waals surface area contributed by atoms with Crippen LogP contribution in [0.1, 0.15) is 17.0 Å². The molecule has 2 aromatic carbocycles. The number of anilines is 1. The number of carbonyl (C=O) groups excluding carboxylic acids is 1. The quantitative estimate of drug-likeness (QED) is 0.863. The molecule has 3 nitrogen and oxygen atoms in total. The molecule has 2 aromatic rings. The van der Waals surface area contributed by atoms with Gasteiger partial charge in [0.15, 0.2) is 5.92 Å². The Morgan fingerprint density at radius 1 is 1.15 bits per heavy atom. The predicted octanol–water partition coefficient (Wildman–Crippen LogP) is 2.91. The van der Waals surface area contributed by atoms with Crippen LogP contribution in [0.4, 0.5) is 5.69 Å². The molecular formula is C17H12N2O. The summed E-state index contributed by atoms with van der Waals surface area (Å²) >= 11 is 0. The molecule has 0 aliphatic carbocycles. The number of hydrogen-bond donors (Lipinski definition) is 1. The number of carbonyl (C=O) groups is 1. The molecule has 0 aliphatic heterocycles. The van der Waals surface area contributed by atoms with E-state index in [0.29, 0.717) is 16.8 Å². The number of terminal acetylenes is 1. The molecule has 0 radical (unpaired) electrons. The maximum Gasteiger partial charge on any atom is 0.246 e. The summed E-state index contributed by atoms with van der Waals surface area (Å²) < 4.78 is 0. The first-order valence-electron chi connectivity index (χ1n) is 6.06. The number of rotatable bonds is 3. The van der Waals surface area contributed by atoms with Crippen molar-refractivity contribution in [1.29, 1.82) is 5.26 Å². The van der Waals surface area contributed by atoms with E-state index in [4.69, 9.17) is 6.42 Å². The van der Waals surface area contributed by atoms with Crippen molar-refractivity contribution in [2.24, 2.45) is 0 Å². The van der Waals surface area contributed by atoms with Crippen LogP contribution < -0.4 is 5.32 Å². The minimum Gasteiger partial charge on any atom is -0.325 e. The normalized spacial score (nSPS) is 10.9. The first kappa shape index (κ1) is 13.4. The van der Waals surface area contributed by atoms with E-state index in [1.807, 2.05) is 12.1 Å². The minimum atomic E-state index is -0.842. The van der Waals surface area contributed by atoms with Crippen LogP contribution in [0.3, 0.4) is 0 Å². The van der Waals surface area contributed by atoms with E-state index < -0.39 is 5.92 Å². The summed E-state index contributed by atoms with van der Waals surface area (Å²) in [6.07, 6.45) is 5.31. The topological polar surface area (TPSA) is 52.9 Å². The molecule has 1 atom stereocenters. The molecule has 0 aromatic heterocycles. The van der Waals surface area contributed by atoms with Crippen LogP contribution >= 0.6 is 0 Å². The van der Waals surface area contributed by atoms with E-state index in [1.54, 1.807) is 48.5 Å². The summed E-state index contributed by atoms with van der Waals surface area (Å²) in [5.41, 5.74) is 1.93. The number of nitriles is 1. The Morgan fingerprint density at radius 3 is 2.55 bits per heavy atom. The molecule has 0 aliphatic rings. The summed E-state index contributed by atoms with van der Waals surface area (Å²) in [4.78, 5) is 12.2. The summed E-state index contributed by atoms with van der Waals surface area (Å²) in [5.74, 6) is 1.29. The van der Waals surface area contributed by atoms with Gasteiger partial charge in [-0.15, -0.1) is 6.42 Å². The number of nitrogens with zero attached hydrogens (tertiary/aromatic N) is 1. The summed E-state index contributed by atoms with van der Waals surface area (Å²) in [5, 5.41) is 11.9. The van der Waals surface area contributed by atoms with Gasteiger partial charge in [0, 0.05) is 11.3 Å². The van der Waals surface area contributed by atoms with Gasteiger partial charge in [-0.25, -0.2) is 0 Å². The lowest BCUT2D eigenvalue weighted by Crippen LogP contribution is -2.20. The molecule has 0 bridgehead atoms. The highest BCUT2D eigenvalue weighted by Crippen LogP contribution is 2.18. The summed E-state index contributed by atoms with van der Waals surface area (Å²) in [6, 6.07) is 17.9. The molecule has 0 saturated carbocycles. The zero-order chi connectivity index (χ0) is 14.4. The van der Waals surface area contributed by atoms with Crippen LogP contribution in [-0.4, -0.2) is 5.91 Å². The largest absolute Gasteiger partial charge is 0.325 e. The zero-order valence-corrected chi connectivity index (χ0v) is 10.7. The van der Waals surface area contributed by atoms with E-state index >= 15 is 0 Å². The molecule has 20 heavy (non-hydrogen) atoms. The van der Waals surface area contributed by atoms with E-state index in [0.717, 1.165) is 0 Å². The lowest BCUT2D eigenvalue weighted by Gasteiger charge is -2.10. The molecule has 1 unspecified atom stereocenters. The van der Waals surface area contributed by atoms with Crippen LogP contribution in [0, 0.1) is 23.7 Å². The fraction of sp³-hybridized carbons (Fsp3) is 0.0588. The highest BCUT2D eigenvalue weighted by molar-refractivity contribution is 5.97. The van der Waals surface area contributed by atoms with Crippen LogP contribution in [0.5, 0.6) is 0 Å². The SMILES string of the molecule is C#Cc1cccc(NC(=O)C(C#N)c2ccccc2)c1. The molecule has 96 valence electrons. The Balaban J connectivity index is 2.19. The second-order valence-corrected chi connectivity index (χ2v) is 4.19. The maximum atomic E-state index is 12.2. The number of benzene rings is 2. The average molecular weight is 260 g/mol. The van der Waals surface area contributed by atoms with Gasteiger partial charge in [0.1, 0.15) is 0 Å². The zero-order valence-electron chi connectivity index (χ0n) is 10.7. The first-order valence-corrected chi connectivity index (χ1v) is 6.06. The van der Waals surface area contributed by atoms with Gasteiger partial charge < -0.3 is 5.32 Å². The molecule has 0 saturated heterocycles. The fourth-order valence-electron chi connectivity index (χ4n) is 1.83. The fourth-order valence-corrected chi connectivity index (χ4v) is 1.83. The van der Waals surface area contributed by atoms with Gasteiger partial charge in [0.25, 0.3) is 0 Å². The molecule has 3 heteroatoms. The van der Waals surface area contributed by atoms with Crippen LogP contribution in [0.25, 0.3) is 0 Å². The predicted molar refractivity (Wildman–Crippen MR) is 77.8 cm³/mol. The molecule has 0 heterocycles. The minimum absolute atomic E-state index is 0.368. The van der Waals surface area contributed by atoms with Crippen LogP contribution in [0.15, 0.2) is 54.6 Å². The van der Waals surface area contributed by atoms with Crippen molar-refractivity contribution in [1.82, 2.24) is 0 Å². The van der Waals surface area contributed by atoms with E-state index in [9.17, 15) is 10.1 Å². The van der Waals surface area contributed by atoms with Crippen molar-refractivity contribution in [2.75, 3.05) is 5.32 Å². The molecule has 1 N–H and O–H groups in total. The van der Waals surface area contributed by atoms with Gasteiger partial charge in [0.2, 0.25) is 5.91 Å². The molecule has 0 spiro atoms. The Bertz CT molecular complexity index is 693. The van der Waals surface area contributed by atoms with E-state index in [-0.39, 0.29) is 5.91 Å². The van der Waals surface area contributed by atoms with Gasteiger partial charge in [-0.1, -0.05) is 42.3 Å². The second kappa shape index (κ2) is 6.22. The smallest absolute Gasteiger partial charge is 0.246 e. The maximum absolute atomic E-state index is 12.2. The summed E-state index contributed by atoms with van der Waals surface area (Å²) in [7, 11) is 0. The van der Waals surface area contributed by atoms with Gasteiger partial charge >= 0.3 is 0 Å². The third kappa shape index (κ3) is 3.04. The van der Waals surface area contributed by atoms with Gasteiger partial charge in [0.05, 0.1) is 6.07 Å². The summed E-state index contributed by atoms with van der Waals surface area (Å²) in [6.45, 7) is 0. The van der Waals surface area contributed by atoms with Crippen molar-refractivity contribution < 1.29 is 4.79 Å². The molecular weight excluding hydrogens is 248 g/mol. The Morgan fingerprint density at radius 2 is 1.90 bits per heavy atom. The third-order valence-corrected chi connectivity index (χ3v) is 2.82. The number of hydrogen-bond acceptors (Lipinski definition) is 2. The van der Waals surface area contributed by atoms with Gasteiger partial charge in [-0.2, -0.15) is 5.26 Å². The van der Waals surface area contributed by atoms with Crippen molar-refractivity contribution in [2.45, 2.75) is 5.92 Å². The van der Waals surface area contributed by atoms with Crippen molar-refractivity contribution in [3.8, 4) is 18.4 Å². The Kier molecular flexibility index (Phi) is 4.17. The van der Waals surface area contributed by atoms with Crippen LogP contribution in [0.2, 0.25) is 0 Å². The second-order valence-electron chi connectivity index (χ2n) is 4.19. The van der Waals surface area contributed by atoms with Crippen LogP contribution in [-0.2, 0) is 4.79 Å². The lowest BCUT2D eigenvalue weighted by atomic mass is 10.00. The third-order valence-electron chi connectivity index (χ3n) is 2.82. The van der Waals surface area contributed by atoms with Gasteiger partial charge in [-0.05, 0) is 23.8 Å². The Labute approximate surface area is 117 Å². The van der Waals surface area contributed by atoms with E-state index in [1.165, 1.54) is 0 Å². The van der Waals surface area contributed by atoms with E-state index in [2.05, 4.69) is 11.2 Å². The molecule has 0 fully saturated rings. The monoisotopic (exact) mass is 260 g/mol. The average Bonchev–Trinajstić information content (AvgIpc) is 2.49. The number of nitrogens with one attached hydrogen (secondary N) is 1. The van der Waals surface area contributed by atoms with Gasteiger partial charge in [-0.3, -0.25) is 4.79 Å². The molecule has 1 amide bonds. The molecule has 2 rings (SSSR count). The Hall–Kier alpha value is -3.04. The standard InChI is InChI=1S/C17H12N2O/c1-2-13-7-6-10-15(11-13)19-17(20)16(12-18)14-8-4-3-5-9-14/h1,3-11,16H,(H,19,20). The van der Waals surface area contributed by atoms with Crippen molar-refractivity contribution >= 4 is 11.6 Å². The number of amides is 1. The highest BCUT2D eigenvalue weighted by atomic mass is 16.1. The first-order chi connectivity index (χ1) is 9.74. The van der Waals surface area contributed by atoms with Crippen molar-refractivity contribution in [3.63, 3.8) is 0 Å². The highest BCUT2D eigenvalue weighted by Gasteiger charge is 2.19. The lowest BCUT2D eigenvalue weighted by molar-refractivity contribution is -0.116. The van der Waals surface area contributed by atoms with Crippen molar-refractivity contribution in [3.05, 3.63) is 65.7 Å².